The molecule has 2 saturated heterocycles. The average Bonchev–Trinajstić information content (AvgIpc) is 1.45. The molecule has 23 heteroatoms. The maximum Gasteiger partial charge on any atom is 0.519 e. The number of piperazine rings is 2. The number of aromatic nitrogens is 2. The number of aliphatic hydroxyl groups excluding tert-OH is 1. The van der Waals surface area contributed by atoms with Gasteiger partial charge < -0.3 is 57.3 Å². The third-order valence-electron chi connectivity index (χ3n) is 21.6. The maximum atomic E-state index is 16.9. The summed E-state index contributed by atoms with van der Waals surface area (Å²) >= 11 is 0. The van der Waals surface area contributed by atoms with Gasteiger partial charge >= 0.3 is 17.8 Å². The molecule has 10 unspecified atom stereocenters. The smallest absolute Gasteiger partial charge is 0.492 e. The Bertz CT molecular complexity index is 4030. The van der Waals surface area contributed by atoms with Gasteiger partial charge in [0.2, 0.25) is 16.6 Å². The largest absolute Gasteiger partial charge is 0.519 e. The van der Waals surface area contributed by atoms with Crippen LogP contribution in [-0.2, 0) is 27.4 Å². The number of hydrogen-bond donors (Lipinski definition) is 3. The van der Waals surface area contributed by atoms with Gasteiger partial charge in [-0.05, 0) is 107 Å². The summed E-state index contributed by atoms with van der Waals surface area (Å²) in [4.78, 5) is 101. The molecule has 0 spiro atoms. The number of carboxylic acids is 1. The van der Waals surface area contributed by atoms with Gasteiger partial charge in [-0.15, -0.1) is 0 Å². The summed E-state index contributed by atoms with van der Waals surface area (Å²) in [6, 6.07) is 1.51. The van der Waals surface area contributed by atoms with E-state index in [2.05, 4.69) is 16.7 Å². The number of carbonyl (C=O) groups excluding carboxylic acids is 3. The molecule has 88 heavy (non-hydrogen) atoms. The van der Waals surface area contributed by atoms with Crippen LogP contribution in [0.3, 0.4) is 0 Å². The minimum Gasteiger partial charge on any atom is -0.492 e. The van der Waals surface area contributed by atoms with E-state index >= 15 is 8.78 Å². The fourth-order valence-corrected chi connectivity index (χ4v) is 16.8. The number of esters is 1. The zero-order valence-electron chi connectivity index (χ0n) is 50.4. The van der Waals surface area contributed by atoms with E-state index in [4.69, 9.17) is 23.0 Å². The van der Waals surface area contributed by atoms with Crippen LogP contribution in [0.25, 0.3) is 21.8 Å². The van der Waals surface area contributed by atoms with Crippen LogP contribution in [0.4, 0.5) is 20.2 Å². The van der Waals surface area contributed by atoms with E-state index in [9.17, 15) is 48.9 Å². The summed E-state index contributed by atoms with van der Waals surface area (Å²) in [6.07, 6.45) is 11.8. The highest BCUT2D eigenvalue weighted by atomic mass is 19.1. The maximum absolute atomic E-state index is 16.9. The Labute approximate surface area is 504 Å². The number of allylic oxidation sites excluding steroid dienone is 4. The molecule has 8 aliphatic rings. The standard InChI is InChI=1S/C65H74F2N6O15/c1-32-20-44-39-13-8-35-21-38(74)14-15-63(35,4)51(39)47(75)24-64(44,5)65(32,83)50(76)31-86-61(81)43-28-73(37-11-12-37)53-41(57(43)78)23-46(67)55(59(53)85-7)71-19-17-69(34(3)26-71)30-49-48(87-62(82)88-49)29-68-16-18-70(25-33(68)2)54-45(66)22-40-52(58(54)84-6)72(36-9-10-36)27-42(56(40)77)60(79)80/h14-15,21-23,27-28,32-34,36-37,39,44,47,51,75,83H,8-13,16-20,24-26,29-31H2,1-7H3,(H,79,80). The molecule has 3 aromatic heterocycles. The summed E-state index contributed by atoms with van der Waals surface area (Å²) in [5.74, 6) is -5.76. The number of methoxy groups -OCH3 is 2. The molecule has 3 N–H and O–H groups in total. The summed E-state index contributed by atoms with van der Waals surface area (Å²) < 4.78 is 65.5. The van der Waals surface area contributed by atoms with Crippen molar-refractivity contribution < 1.29 is 66.3 Å². The third kappa shape index (κ3) is 9.36. The number of aliphatic hydroxyl groups is 2. The molecule has 10 atom stereocenters. The van der Waals surface area contributed by atoms with Crippen molar-refractivity contribution in [2.45, 2.75) is 135 Å². The number of pyridine rings is 2. The van der Waals surface area contributed by atoms with Gasteiger partial charge in [0.1, 0.15) is 28.1 Å². The number of ether oxygens (including phenoxy) is 3. The number of anilines is 2. The van der Waals surface area contributed by atoms with E-state index in [0.29, 0.717) is 87.4 Å². The quantitative estimate of drug-likeness (QED) is 0.0898. The second-order valence-corrected chi connectivity index (χ2v) is 26.5. The van der Waals surface area contributed by atoms with Gasteiger partial charge in [0.25, 0.3) is 0 Å². The SMILES string of the molecule is COc1c(N2CCN(Cc3oc(=O)oc3CN3CCN(c4c(F)cc5c(=O)c(C(=O)OCC(=O)C6(O)C(C)CC7C8CCC9=CC(=O)C=CC9(C)C8C(O)CC76C)cn(C6CC6)c5c4OC)CC3C)C(C)C2)c(F)cc2c(=O)c(C(=O)O)cn(C3CC3)c12. The van der Waals surface area contributed by atoms with Crippen LogP contribution < -0.4 is 36.0 Å². The molecule has 6 aliphatic carbocycles. The number of ketones is 2. The fraction of sp³-hybridized carbons (Fsp3) is 0.554. The number of halogens is 2. The number of carboxylic acid groups (broad SMARTS) is 1. The molecule has 7 fully saturated rings. The lowest BCUT2D eigenvalue weighted by atomic mass is 9.46. The molecule has 5 aromatic rings. The Balaban J connectivity index is 0.687. The zero-order chi connectivity index (χ0) is 62.4. The van der Waals surface area contributed by atoms with Crippen LogP contribution in [0.2, 0.25) is 0 Å². The monoisotopic (exact) mass is 1220 g/mol. The highest BCUT2D eigenvalue weighted by Crippen LogP contribution is 2.68. The van der Waals surface area contributed by atoms with Crippen LogP contribution in [0.5, 0.6) is 11.5 Å². The first kappa shape index (κ1) is 59.5. The van der Waals surface area contributed by atoms with Crippen molar-refractivity contribution >= 4 is 56.7 Å². The lowest BCUT2D eigenvalue weighted by Gasteiger charge is -2.59. The van der Waals surface area contributed by atoms with Crippen molar-refractivity contribution in [1.29, 1.82) is 0 Å². The Hall–Kier alpha value is -7.47. The van der Waals surface area contributed by atoms with Crippen molar-refractivity contribution in [2.24, 2.45) is 34.5 Å². The van der Waals surface area contributed by atoms with Crippen molar-refractivity contribution in [1.82, 2.24) is 18.9 Å². The molecular weight excluding hydrogens is 1140 g/mol. The molecule has 468 valence electrons. The van der Waals surface area contributed by atoms with E-state index in [1.54, 1.807) is 28.2 Å². The Kier molecular flexibility index (Phi) is 14.6. The first-order chi connectivity index (χ1) is 41.9. The summed E-state index contributed by atoms with van der Waals surface area (Å²) in [5.41, 5.74) is -4.15. The number of carbonyl (C=O) groups is 4. The van der Waals surface area contributed by atoms with Crippen LogP contribution >= 0.6 is 0 Å². The van der Waals surface area contributed by atoms with E-state index in [0.717, 1.165) is 30.5 Å². The molecule has 5 heterocycles. The minimum atomic E-state index is -1.98. The minimum absolute atomic E-state index is 0.0553. The van der Waals surface area contributed by atoms with Crippen LogP contribution in [0.1, 0.15) is 130 Å². The number of Topliss-reactive ketones (excluding diaryl/α,β-unsaturated/α-hetero) is 1. The fourth-order valence-electron chi connectivity index (χ4n) is 16.8. The van der Waals surface area contributed by atoms with Gasteiger partial charge in [0.15, 0.2) is 47.0 Å². The van der Waals surface area contributed by atoms with E-state index in [1.807, 2.05) is 36.6 Å². The van der Waals surface area contributed by atoms with Gasteiger partial charge in [0.05, 0.1) is 55.2 Å². The molecule has 21 nitrogen and oxygen atoms in total. The van der Waals surface area contributed by atoms with Crippen LogP contribution in [0, 0.1) is 46.1 Å². The highest BCUT2D eigenvalue weighted by molar-refractivity contribution is 6.02. The number of nitrogens with zero attached hydrogens (tertiary/aromatic N) is 6. The van der Waals surface area contributed by atoms with Crippen LogP contribution in [-0.4, -0.2) is 142 Å². The van der Waals surface area contributed by atoms with Crippen molar-refractivity contribution in [2.75, 3.05) is 69.9 Å². The second-order valence-electron chi connectivity index (χ2n) is 26.5. The van der Waals surface area contributed by atoms with Crippen molar-refractivity contribution in [3.05, 3.63) is 114 Å². The second kappa shape index (κ2) is 21.6. The average molecular weight is 1220 g/mol. The Morgan fingerprint density at radius 1 is 0.750 bits per heavy atom. The van der Waals surface area contributed by atoms with Gasteiger partial charge in [-0.1, -0.05) is 32.4 Å². The molecule has 2 aliphatic heterocycles. The third-order valence-corrected chi connectivity index (χ3v) is 21.6. The number of aromatic carboxylic acids is 1. The number of benzene rings is 2. The molecule has 5 saturated carbocycles. The zero-order valence-corrected chi connectivity index (χ0v) is 50.4. The summed E-state index contributed by atoms with van der Waals surface area (Å²) in [7, 11) is 2.79. The lowest BCUT2D eigenvalue weighted by molar-refractivity contribution is -0.183. The first-order valence-corrected chi connectivity index (χ1v) is 30.7. The van der Waals surface area contributed by atoms with E-state index < -0.39 is 92.2 Å². The number of hydrogen-bond acceptors (Lipinski definition) is 18. The van der Waals surface area contributed by atoms with Crippen molar-refractivity contribution in [3.8, 4) is 11.5 Å². The molecule has 2 aromatic carbocycles. The highest BCUT2D eigenvalue weighted by Gasteiger charge is 2.70. The van der Waals surface area contributed by atoms with Crippen LogP contribution in [0.15, 0.2) is 71.5 Å². The Morgan fingerprint density at radius 3 is 1.77 bits per heavy atom. The lowest BCUT2D eigenvalue weighted by Crippen LogP contribution is -2.62. The molecule has 0 bridgehead atoms. The number of rotatable bonds is 15. The van der Waals surface area contributed by atoms with Gasteiger partial charge in [-0.25, -0.2) is 23.2 Å². The topological polar surface area (TPSA) is 257 Å². The van der Waals surface area contributed by atoms with Crippen molar-refractivity contribution in [3.63, 3.8) is 0 Å². The number of fused-ring (bicyclic) bond motifs is 7. The van der Waals surface area contributed by atoms with E-state index in [-0.39, 0.29) is 107 Å². The van der Waals surface area contributed by atoms with E-state index in [1.165, 1.54) is 26.6 Å². The predicted molar refractivity (Wildman–Crippen MR) is 317 cm³/mol. The molecule has 13 rings (SSSR count). The Morgan fingerprint density at radius 2 is 1.27 bits per heavy atom. The molecule has 0 amide bonds. The summed E-state index contributed by atoms with van der Waals surface area (Å²) in [6.45, 7) is 11.2. The normalized spacial score (nSPS) is 29.9. The molecular formula is C65H74F2N6O15. The van der Waals surface area contributed by atoms with Gasteiger partial charge in [-0.3, -0.25) is 29.0 Å². The first-order valence-electron chi connectivity index (χ1n) is 30.7. The summed E-state index contributed by atoms with van der Waals surface area (Å²) in [5, 5.41) is 34.2. The predicted octanol–water partition coefficient (Wildman–Crippen LogP) is 6.93. The van der Waals surface area contributed by atoms with Gasteiger partial charge in [0, 0.05) is 92.6 Å². The van der Waals surface area contributed by atoms with Gasteiger partial charge in [-0.2, -0.15) is 0 Å². The molecule has 0 radical (unpaired) electrons.